The standard InChI is InChI=1S/C22H29ClN4O.HI/c1-3-24-22(26-15-18-8-4-5-9-19(18)23)25-14-17-12-13-27(16-17)20-10-6-7-11-21(20)28-2;/h4-11,17H,3,12-16H2,1-2H3,(H2,24,25,26);1H. The van der Waals surface area contributed by atoms with Crippen molar-refractivity contribution in [3.63, 3.8) is 0 Å². The summed E-state index contributed by atoms with van der Waals surface area (Å²) in [5, 5.41) is 7.57. The number of ether oxygens (including phenoxy) is 1. The first-order valence-corrected chi connectivity index (χ1v) is 10.2. The second-order valence-corrected chi connectivity index (χ2v) is 7.35. The summed E-state index contributed by atoms with van der Waals surface area (Å²) in [5.41, 5.74) is 2.20. The molecule has 0 amide bonds. The van der Waals surface area contributed by atoms with Crippen molar-refractivity contribution >= 4 is 47.2 Å². The van der Waals surface area contributed by atoms with Gasteiger partial charge in [-0.05, 0) is 43.0 Å². The second kappa shape index (κ2) is 12.1. The van der Waals surface area contributed by atoms with Crippen LogP contribution in [0.25, 0.3) is 0 Å². The van der Waals surface area contributed by atoms with Gasteiger partial charge in [0.25, 0.3) is 0 Å². The molecule has 0 aromatic heterocycles. The van der Waals surface area contributed by atoms with Gasteiger partial charge in [0.2, 0.25) is 0 Å². The number of benzene rings is 2. The van der Waals surface area contributed by atoms with E-state index in [1.165, 1.54) is 5.69 Å². The Morgan fingerprint density at radius 2 is 1.93 bits per heavy atom. The summed E-state index contributed by atoms with van der Waals surface area (Å²) >= 11 is 6.24. The topological polar surface area (TPSA) is 48.9 Å². The van der Waals surface area contributed by atoms with E-state index in [1.807, 2.05) is 36.4 Å². The maximum Gasteiger partial charge on any atom is 0.191 e. The molecule has 2 aromatic rings. The van der Waals surface area contributed by atoms with E-state index >= 15 is 0 Å². The Morgan fingerprint density at radius 3 is 2.69 bits per heavy atom. The van der Waals surface area contributed by atoms with E-state index in [4.69, 9.17) is 16.3 Å². The van der Waals surface area contributed by atoms with Gasteiger partial charge in [-0.15, -0.1) is 24.0 Å². The highest BCUT2D eigenvalue weighted by Crippen LogP contribution is 2.31. The minimum Gasteiger partial charge on any atom is -0.495 e. The zero-order valence-corrected chi connectivity index (χ0v) is 20.1. The fraction of sp³-hybridized carbons (Fsp3) is 0.409. The summed E-state index contributed by atoms with van der Waals surface area (Å²) in [7, 11) is 1.73. The number of halogens is 2. The third-order valence-electron chi connectivity index (χ3n) is 4.98. The molecule has 1 heterocycles. The number of hydrogen-bond acceptors (Lipinski definition) is 3. The van der Waals surface area contributed by atoms with Gasteiger partial charge in [0.1, 0.15) is 5.75 Å². The Labute approximate surface area is 195 Å². The lowest BCUT2D eigenvalue weighted by molar-refractivity contribution is 0.414. The van der Waals surface area contributed by atoms with Crippen LogP contribution in [0, 0.1) is 5.92 Å². The Kier molecular flexibility index (Phi) is 9.87. The number of hydrogen-bond donors (Lipinski definition) is 2. The summed E-state index contributed by atoms with van der Waals surface area (Å²) in [6, 6.07) is 16.1. The average molecular weight is 529 g/mol. The number of aliphatic imine (C=N–C) groups is 1. The van der Waals surface area contributed by atoms with Crippen LogP contribution in [-0.4, -0.2) is 39.2 Å². The quantitative estimate of drug-likeness (QED) is 0.315. The van der Waals surface area contributed by atoms with E-state index < -0.39 is 0 Å². The third-order valence-corrected chi connectivity index (χ3v) is 5.35. The van der Waals surface area contributed by atoms with Gasteiger partial charge < -0.3 is 20.3 Å². The second-order valence-electron chi connectivity index (χ2n) is 6.94. The lowest BCUT2D eigenvalue weighted by atomic mass is 10.1. The molecule has 7 heteroatoms. The van der Waals surface area contributed by atoms with Crippen molar-refractivity contribution < 1.29 is 4.74 Å². The number of anilines is 1. The van der Waals surface area contributed by atoms with Crippen molar-refractivity contribution in [3.8, 4) is 5.75 Å². The zero-order chi connectivity index (χ0) is 19.8. The Bertz CT molecular complexity index is 802. The monoisotopic (exact) mass is 528 g/mol. The van der Waals surface area contributed by atoms with Gasteiger partial charge in [-0.25, -0.2) is 4.99 Å². The molecule has 0 spiro atoms. The fourth-order valence-electron chi connectivity index (χ4n) is 3.48. The number of para-hydroxylation sites is 2. The van der Waals surface area contributed by atoms with Crippen LogP contribution in [-0.2, 0) is 6.54 Å². The van der Waals surface area contributed by atoms with E-state index in [1.54, 1.807) is 7.11 Å². The van der Waals surface area contributed by atoms with Gasteiger partial charge >= 0.3 is 0 Å². The largest absolute Gasteiger partial charge is 0.495 e. The van der Waals surface area contributed by atoms with Crippen LogP contribution in [0.5, 0.6) is 5.75 Å². The molecule has 0 saturated carbocycles. The van der Waals surface area contributed by atoms with Crippen LogP contribution < -0.4 is 20.3 Å². The summed E-state index contributed by atoms with van der Waals surface area (Å²) < 4.78 is 5.51. The van der Waals surface area contributed by atoms with Gasteiger partial charge in [-0.1, -0.05) is 41.9 Å². The lowest BCUT2D eigenvalue weighted by Gasteiger charge is -2.21. The molecule has 0 radical (unpaired) electrons. The predicted octanol–water partition coefficient (Wildman–Crippen LogP) is 4.55. The molecule has 0 aliphatic carbocycles. The van der Waals surface area contributed by atoms with E-state index in [0.717, 1.165) is 54.9 Å². The normalized spacial score (nSPS) is 16.3. The van der Waals surface area contributed by atoms with Crippen LogP contribution in [0.15, 0.2) is 53.5 Å². The van der Waals surface area contributed by atoms with Crippen LogP contribution in [0.4, 0.5) is 5.69 Å². The van der Waals surface area contributed by atoms with Crippen molar-refractivity contribution in [1.29, 1.82) is 0 Å². The number of nitrogens with zero attached hydrogens (tertiary/aromatic N) is 2. The molecule has 1 atom stereocenters. The Morgan fingerprint density at radius 1 is 1.17 bits per heavy atom. The third kappa shape index (κ3) is 6.67. The maximum atomic E-state index is 6.24. The molecule has 1 unspecified atom stereocenters. The van der Waals surface area contributed by atoms with Gasteiger partial charge in [0, 0.05) is 31.2 Å². The van der Waals surface area contributed by atoms with Gasteiger partial charge in [-0.3, -0.25) is 0 Å². The van der Waals surface area contributed by atoms with Crippen molar-refractivity contribution in [3.05, 3.63) is 59.1 Å². The van der Waals surface area contributed by atoms with Crippen molar-refractivity contribution in [2.45, 2.75) is 19.9 Å². The number of methoxy groups -OCH3 is 1. The molecule has 1 aliphatic heterocycles. The maximum absolute atomic E-state index is 6.24. The first kappa shape index (κ1) is 23.6. The fourth-order valence-corrected chi connectivity index (χ4v) is 3.68. The lowest BCUT2D eigenvalue weighted by Crippen LogP contribution is -2.40. The minimum absolute atomic E-state index is 0. The molecule has 5 nitrogen and oxygen atoms in total. The molecule has 2 aromatic carbocycles. The molecular formula is C22H30ClIN4O. The first-order chi connectivity index (χ1) is 13.7. The molecular weight excluding hydrogens is 499 g/mol. The van der Waals surface area contributed by atoms with E-state index in [2.05, 4.69) is 39.6 Å². The van der Waals surface area contributed by atoms with Gasteiger partial charge in [-0.2, -0.15) is 0 Å². The average Bonchev–Trinajstić information content (AvgIpc) is 3.20. The molecule has 3 rings (SSSR count). The van der Waals surface area contributed by atoms with Crippen LogP contribution in [0.3, 0.4) is 0 Å². The van der Waals surface area contributed by atoms with E-state index in [9.17, 15) is 0 Å². The number of rotatable bonds is 7. The zero-order valence-electron chi connectivity index (χ0n) is 17.0. The minimum atomic E-state index is 0. The highest BCUT2D eigenvalue weighted by atomic mass is 127. The molecule has 29 heavy (non-hydrogen) atoms. The smallest absolute Gasteiger partial charge is 0.191 e. The van der Waals surface area contributed by atoms with Crippen LogP contribution >= 0.6 is 35.6 Å². The highest BCUT2D eigenvalue weighted by molar-refractivity contribution is 14.0. The Hall–Kier alpha value is -1.67. The summed E-state index contributed by atoms with van der Waals surface area (Å²) in [5.74, 6) is 2.33. The SMILES string of the molecule is CCNC(=NCc1ccccc1Cl)NCC1CCN(c2ccccc2OC)C1.I. The summed E-state index contributed by atoms with van der Waals surface area (Å²) in [6.07, 6.45) is 1.15. The first-order valence-electron chi connectivity index (χ1n) is 9.84. The molecule has 1 fully saturated rings. The van der Waals surface area contributed by atoms with E-state index in [0.29, 0.717) is 12.5 Å². The van der Waals surface area contributed by atoms with Gasteiger partial charge in [0.05, 0.1) is 19.3 Å². The van der Waals surface area contributed by atoms with Crippen molar-refractivity contribution in [2.75, 3.05) is 38.2 Å². The summed E-state index contributed by atoms with van der Waals surface area (Å²) in [6.45, 7) is 6.41. The number of nitrogens with one attached hydrogen (secondary N) is 2. The molecule has 1 aliphatic rings. The molecule has 2 N–H and O–H groups in total. The van der Waals surface area contributed by atoms with Crippen molar-refractivity contribution in [1.82, 2.24) is 10.6 Å². The molecule has 1 saturated heterocycles. The Balaban J connectivity index is 0.00000300. The number of guanidine groups is 1. The molecule has 158 valence electrons. The van der Waals surface area contributed by atoms with Crippen molar-refractivity contribution in [2.24, 2.45) is 10.9 Å². The van der Waals surface area contributed by atoms with Crippen LogP contribution in [0.2, 0.25) is 5.02 Å². The summed E-state index contributed by atoms with van der Waals surface area (Å²) in [4.78, 5) is 7.09. The van der Waals surface area contributed by atoms with E-state index in [-0.39, 0.29) is 24.0 Å². The molecule has 0 bridgehead atoms. The predicted molar refractivity (Wildman–Crippen MR) is 133 cm³/mol. The highest BCUT2D eigenvalue weighted by Gasteiger charge is 2.24. The van der Waals surface area contributed by atoms with Gasteiger partial charge in [0.15, 0.2) is 5.96 Å². The van der Waals surface area contributed by atoms with Crippen LogP contribution in [0.1, 0.15) is 18.9 Å².